The SMILES string of the molecule is Cc1[c]cc(-c2ccccc2)nc1. The standard InChI is InChI=1S/C12H10N/c1-10-7-8-12(13-9-10)11-5-3-2-4-6-11/h2-6,8-9H,1H3. The molecule has 1 radical (unpaired) electrons. The number of pyridine rings is 1. The summed E-state index contributed by atoms with van der Waals surface area (Å²) in [5, 5.41) is 0. The molecule has 0 unspecified atom stereocenters. The lowest BCUT2D eigenvalue weighted by Gasteiger charge is -1.99. The third-order valence-corrected chi connectivity index (χ3v) is 1.90. The van der Waals surface area contributed by atoms with Crippen LogP contribution in [0.15, 0.2) is 42.6 Å². The predicted molar refractivity (Wildman–Crippen MR) is 53.2 cm³/mol. The number of rotatable bonds is 1. The Hall–Kier alpha value is -1.63. The quantitative estimate of drug-likeness (QED) is 0.638. The van der Waals surface area contributed by atoms with Crippen molar-refractivity contribution in [1.82, 2.24) is 4.98 Å². The summed E-state index contributed by atoms with van der Waals surface area (Å²) < 4.78 is 0. The summed E-state index contributed by atoms with van der Waals surface area (Å²) in [4.78, 5) is 4.32. The molecule has 2 rings (SSSR count). The van der Waals surface area contributed by atoms with Crippen molar-refractivity contribution in [3.63, 3.8) is 0 Å². The van der Waals surface area contributed by atoms with Gasteiger partial charge in [0.2, 0.25) is 0 Å². The molecule has 2 aromatic rings. The van der Waals surface area contributed by atoms with Gasteiger partial charge in [-0.1, -0.05) is 30.3 Å². The van der Waals surface area contributed by atoms with Gasteiger partial charge in [-0.2, -0.15) is 0 Å². The molecule has 0 aliphatic carbocycles. The molecule has 1 aromatic carbocycles. The Balaban J connectivity index is 2.42. The third kappa shape index (κ3) is 1.75. The number of aryl methyl sites for hydroxylation is 1. The number of hydrogen-bond acceptors (Lipinski definition) is 1. The van der Waals surface area contributed by atoms with Gasteiger partial charge in [-0.3, -0.25) is 4.98 Å². The van der Waals surface area contributed by atoms with Crippen LogP contribution in [-0.2, 0) is 0 Å². The summed E-state index contributed by atoms with van der Waals surface area (Å²) in [6, 6.07) is 15.2. The van der Waals surface area contributed by atoms with Gasteiger partial charge < -0.3 is 0 Å². The minimum atomic E-state index is 0.978. The molecule has 1 heterocycles. The highest BCUT2D eigenvalue weighted by Gasteiger charge is 1.95. The zero-order chi connectivity index (χ0) is 9.10. The van der Waals surface area contributed by atoms with Gasteiger partial charge in [-0.05, 0) is 24.6 Å². The molecular formula is C12H10N. The average molecular weight is 168 g/mol. The second kappa shape index (κ2) is 3.40. The van der Waals surface area contributed by atoms with Gasteiger partial charge in [-0.15, -0.1) is 0 Å². The van der Waals surface area contributed by atoms with Crippen molar-refractivity contribution in [3.05, 3.63) is 54.2 Å². The van der Waals surface area contributed by atoms with Crippen LogP contribution in [0.25, 0.3) is 11.3 Å². The van der Waals surface area contributed by atoms with Crippen LogP contribution >= 0.6 is 0 Å². The smallest absolute Gasteiger partial charge is 0.0708 e. The molecule has 63 valence electrons. The van der Waals surface area contributed by atoms with Crippen molar-refractivity contribution in [2.75, 3.05) is 0 Å². The van der Waals surface area contributed by atoms with Crippen LogP contribution in [0.5, 0.6) is 0 Å². The maximum absolute atomic E-state index is 4.32. The molecule has 1 aromatic heterocycles. The van der Waals surface area contributed by atoms with Gasteiger partial charge >= 0.3 is 0 Å². The molecule has 0 atom stereocenters. The second-order valence-corrected chi connectivity index (χ2v) is 2.98. The Kier molecular flexibility index (Phi) is 2.09. The molecule has 0 spiro atoms. The molecule has 0 bridgehead atoms. The van der Waals surface area contributed by atoms with Gasteiger partial charge in [0.15, 0.2) is 0 Å². The fourth-order valence-corrected chi connectivity index (χ4v) is 1.19. The zero-order valence-electron chi connectivity index (χ0n) is 7.49. The Morgan fingerprint density at radius 2 is 1.92 bits per heavy atom. The Morgan fingerprint density at radius 1 is 1.15 bits per heavy atom. The summed E-state index contributed by atoms with van der Waals surface area (Å²) >= 11 is 0. The van der Waals surface area contributed by atoms with Crippen molar-refractivity contribution < 1.29 is 0 Å². The van der Waals surface area contributed by atoms with Crippen LogP contribution in [0.3, 0.4) is 0 Å². The Bertz CT molecular complexity index is 376. The summed E-state index contributed by atoms with van der Waals surface area (Å²) in [6.45, 7) is 1.99. The molecule has 0 aliphatic heterocycles. The van der Waals surface area contributed by atoms with E-state index in [9.17, 15) is 0 Å². The van der Waals surface area contributed by atoms with E-state index in [1.54, 1.807) is 0 Å². The van der Waals surface area contributed by atoms with Crippen LogP contribution in [-0.4, -0.2) is 4.98 Å². The molecule has 0 aliphatic rings. The highest BCUT2D eigenvalue weighted by molar-refractivity contribution is 5.58. The number of hydrogen-bond donors (Lipinski definition) is 0. The van der Waals surface area contributed by atoms with E-state index < -0.39 is 0 Å². The molecule has 0 amide bonds. The second-order valence-electron chi connectivity index (χ2n) is 2.98. The van der Waals surface area contributed by atoms with Crippen LogP contribution in [0.2, 0.25) is 0 Å². The lowest BCUT2D eigenvalue weighted by molar-refractivity contribution is 1.26. The molecule has 1 nitrogen and oxygen atoms in total. The number of aromatic nitrogens is 1. The molecule has 13 heavy (non-hydrogen) atoms. The normalized spacial score (nSPS) is 9.92. The van der Waals surface area contributed by atoms with E-state index in [2.05, 4.69) is 11.1 Å². The van der Waals surface area contributed by atoms with Crippen LogP contribution < -0.4 is 0 Å². The third-order valence-electron chi connectivity index (χ3n) is 1.90. The molecule has 0 N–H and O–H groups in total. The minimum absolute atomic E-state index is 0.978. The summed E-state index contributed by atoms with van der Waals surface area (Å²) in [7, 11) is 0. The van der Waals surface area contributed by atoms with Crippen molar-refractivity contribution in [3.8, 4) is 11.3 Å². The van der Waals surface area contributed by atoms with Crippen molar-refractivity contribution in [2.24, 2.45) is 0 Å². The van der Waals surface area contributed by atoms with E-state index in [0.29, 0.717) is 0 Å². The lowest BCUT2D eigenvalue weighted by Crippen LogP contribution is -1.83. The first-order valence-electron chi connectivity index (χ1n) is 4.26. The van der Waals surface area contributed by atoms with Gasteiger partial charge in [0.05, 0.1) is 5.69 Å². The number of nitrogens with zero attached hydrogens (tertiary/aromatic N) is 1. The average Bonchev–Trinajstić information content (AvgIpc) is 2.20. The summed E-state index contributed by atoms with van der Waals surface area (Å²) in [5.74, 6) is 0. The van der Waals surface area contributed by atoms with Crippen molar-refractivity contribution >= 4 is 0 Å². The van der Waals surface area contributed by atoms with Gasteiger partial charge in [0, 0.05) is 11.8 Å². The van der Waals surface area contributed by atoms with Crippen LogP contribution in [0.4, 0.5) is 0 Å². The lowest BCUT2D eigenvalue weighted by atomic mass is 10.1. The van der Waals surface area contributed by atoms with Crippen molar-refractivity contribution in [1.29, 1.82) is 0 Å². The Labute approximate surface area is 78.1 Å². The van der Waals surface area contributed by atoms with E-state index >= 15 is 0 Å². The predicted octanol–water partition coefficient (Wildman–Crippen LogP) is 2.86. The topological polar surface area (TPSA) is 12.9 Å². The minimum Gasteiger partial charge on any atom is -0.256 e. The van der Waals surface area contributed by atoms with Gasteiger partial charge in [-0.25, -0.2) is 0 Å². The first-order valence-corrected chi connectivity index (χ1v) is 4.26. The summed E-state index contributed by atoms with van der Waals surface area (Å²) in [5.41, 5.74) is 3.18. The van der Waals surface area contributed by atoms with E-state index in [4.69, 9.17) is 0 Å². The van der Waals surface area contributed by atoms with Crippen LogP contribution in [0, 0.1) is 13.0 Å². The highest BCUT2D eigenvalue weighted by atomic mass is 14.7. The van der Waals surface area contributed by atoms with E-state index in [1.165, 1.54) is 0 Å². The maximum atomic E-state index is 4.32. The Morgan fingerprint density at radius 3 is 2.54 bits per heavy atom. The molecule has 0 saturated carbocycles. The largest absolute Gasteiger partial charge is 0.256 e. The zero-order valence-corrected chi connectivity index (χ0v) is 7.49. The monoisotopic (exact) mass is 168 g/mol. The molecule has 1 heteroatoms. The summed E-state index contributed by atoms with van der Waals surface area (Å²) in [6.07, 6.45) is 1.84. The maximum Gasteiger partial charge on any atom is 0.0708 e. The number of benzene rings is 1. The van der Waals surface area contributed by atoms with Crippen molar-refractivity contribution in [2.45, 2.75) is 6.92 Å². The van der Waals surface area contributed by atoms with Gasteiger partial charge in [0.25, 0.3) is 0 Å². The molecule has 0 saturated heterocycles. The van der Waals surface area contributed by atoms with E-state index in [-0.39, 0.29) is 0 Å². The first kappa shape index (κ1) is 7.99. The first-order chi connectivity index (χ1) is 6.36. The van der Waals surface area contributed by atoms with E-state index in [0.717, 1.165) is 16.8 Å². The molecule has 0 fully saturated rings. The van der Waals surface area contributed by atoms with Crippen LogP contribution in [0.1, 0.15) is 5.56 Å². The fourth-order valence-electron chi connectivity index (χ4n) is 1.19. The van der Waals surface area contributed by atoms with E-state index in [1.807, 2.05) is 49.5 Å². The highest BCUT2D eigenvalue weighted by Crippen LogP contribution is 2.15. The molecular weight excluding hydrogens is 158 g/mol. The fraction of sp³-hybridized carbons (Fsp3) is 0.0833. The van der Waals surface area contributed by atoms with Gasteiger partial charge in [0.1, 0.15) is 0 Å².